The Morgan fingerprint density at radius 3 is 2.33 bits per heavy atom. The topological polar surface area (TPSA) is 126 Å². The Labute approximate surface area is 216 Å². The van der Waals surface area contributed by atoms with E-state index in [1.807, 2.05) is 19.1 Å². The summed E-state index contributed by atoms with van der Waals surface area (Å²) in [6.07, 6.45) is -1.55. The first kappa shape index (κ1) is 28.9. The number of hydrogen-bond donors (Lipinski definition) is 2. The summed E-state index contributed by atoms with van der Waals surface area (Å²) in [4.78, 5) is 36.4. The highest BCUT2D eigenvalue weighted by molar-refractivity contribution is 6.31. The Kier molecular flexibility index (Phi) is 10.6. The van der Waals surface area contributed by atoms with Crippen molar-refractivity contribution in [3.8, 4) is 5.75 Å². The van der Waals surface area contributed by atoms with Crippen LogP contribution in [0.1, 0.15) is 49.2 Å². The maximum absolute atomic E-state index is 12.5. The van der Waals surface area contributed by atoms with Gasteiger partial charge in [-0.3, -0.25) is 4.79 Å². The van der Waals surface area contributed by atoms with Gasteiger partial charge in [0.2, 0.25) is 6.29 Å². The number of carbonyl (C=O) groups is 3. The van der Waals surface area contributed by atoms with Gasteiger partial charge in [-0.2, -0.15) is 0 Å². The van der Waals surface area contributed by atoms with Gasteiger partial charge in [0.25, 0.3) is 5.91 Å². The average molecular weight is 521 g/mol. The van der Waals surface area contributed by atoms with Gasteiger partial charge in [0.15, 0.2) is 5.60 Å². The van der Waals surface area contributed by atoms with Crippen LogP contribution in [0.5, 0.6) is 5.75 Å². The van der Waals surface area contributed by atoms with E-state index in [-0.39, 0.29) is 18.6 Å². The van der Waals surface area contributed by atoms with Crippen molar-refractivity contribution in [2.75, 3.05) is 13.2 Å². The molecule has 0 aliphatic carbocycles. The molecular weight excluding hydrogens is 488 g/mol. The molecule has 2 aromatic rings. The van der Waals surface area contributed by atoms with E-state index in [1.165, 1.54) is 6.92 Å². The van der Waals surface area contributed by atoms with Gasteiger partial charge in [-0.15, -0.1) is 0 Å². The summed E-state index contributed by atoms with van der Waals surface area (Å²) in [5.41, 5.74) is 6.52. The minimum absolute atomic E-state index is 0.0154. The second kappa shape index (κ2) is 13.1. The molecule has 1 amide bonds. The lowest BCUT2D eigenvalue weighted by atomic mass is 10.1. The summed E-state index contributed by atoms with van der Waals surface area (Å²) in [7, 11) is 0. The van der Waals surface area contributed by atoms with Crippen LogP contribution in [-0.4, -0.2) is 49.1 Å². The summed E-state index contributed by atoms with van der Waals surface area (Å²) in [5, 5.41) is 3.50. The van der Waals surface area contributed by atoms with E-state index < -0.39 is 24.0 Å². The number of ether oxygens (including phenoxy) is 4. The molecule has 0 aliphatic rings. The molecule has 0 spiro atoms. The fourth-order valence-corrected chi connectivity index (χ4v) is 3.07. The summed E-state index contributed by atoms with van der Waals surface area (Å²) in [5.74, 6) is -0.444. The standard InChI is InChI=1S/C26H33ClN2O7/c1-16-14-20(8-11-22(16)27)23(30)29-13-12-19-6-9-21(10-7-19)36-26(4,5)24(31)34-18(3)35-25(32)33-15-17(2)28/h6-11,14,17-18H,12-13,15,28H2,1-5H3,(H,29,30). The van der Waals surface area contributed by atoms with E-state index in [0.717, 1.165) is 11.1 Å². The van der Waals surface area contributed by atoms with Crippen molar-refractivity contribution in [3.63, 3.8) is 0 Å². The Balaban J connectivity index is 1.81. The van der Waals surface area contributed by atoms with Gasteiger partial charge in [-0.05, 0) is 75.6 Å². The van der Waals surface area contributed by atoms with Crippen molar-refractivity contribution >= 4 is 29.6 Å². The van der Waals surface area contributed by atoms with E-state index in [0.29, 0.717) is 29.3 Å². The lowest BCUT2D eigenvalue weighted by molar-refractivity contribution is -0.183. The van der Waals surface area contributed by atoms with Crippen molar-refractivity contribution < 1.29 is 33.3 Å². The average Bonchev–Trinajstić information content (AvgIpc) is 2.80. The zero-order valence-corrected chi connectivity index (χ0v) is 21.9. The van der Waals surface area contributed by atoms with E-state index in [4.69, 9.17) is 36.3 Å². The van der Waals surface area contributed by atoms with Crippen molar-refractivity contribution in [3.05, 3.63) is 64.2 Å². The highest BCUT2D eigenvalue weighted by Crippen LogP contribution is 2.21. The first-order chi connectivity index (χ1) is 16.9. The van der Waals surface area contributed by atoms with E-state index in [1.54, 1.807) is 51.1 Å². The fraction of sp³-hybridized carbons (Fsp3) is 0.423. The highest BCUT2D eigenvalue weighted by Gasteiger charge is 2.34. The molecule has 0 radical (unpaired) electrons. The summed E-state index contributed by atoms with van der Waals surface area (Å²) in [6, 6.07) is 11.9. The molecule has 9 nitrogen and oxygen atoms in total. The SMILES string of the molecule is Cc1cc(C(=O)NCCc2ccc(OC(C)(C)C(=O)OC(C)OC(=O)OCC(C)N)cc2)ccc1Cl. The van der Waals surface area contributed by atoms with Crippen LogP contribution in [0.2, 0.25) is 5.02 Å². The number of hydrogen-bond acceptors (Lipinski definition) is 8. The first-order valence-electron chi connectivity index (χ1n) is 11.5. The van der Waals surface area contributed by atoms with Crippen molar-refractivity contribution in [2.45, 2.75) is 59.0 Å². The Hall–Kier alpha value is -3.30. The van der Waals surface area contributed by atoms with Gasteiger partial charge in [-0.25, -0.2) is 9.59 Å². The third-order valence-electron chi connectivity index (χ3n) is 4.91. The van der Waals surface area contributed by atoms with Crippen LogP contribution in [0.25, 0.3) is 0 Å². The van der Waals surface area contributed by atoms with E-state index in [2.05, 4.69) is 5.32 Å². The maximum atomic E-state index is 12.5. The minimum Gasteiger partial charge on any atom is -0.476 e. The van der Waals surface area contributed by atoms with Crippen LogP contribution in [0.15, 0.2) is 42.5 Å². The number of benzene rings is 2. The lowest BCUT2D eigenvalue weighted by Gasteiger charge is -2.26. The molecular formula is C26H33ClN2O7. The summed E-state index contributed by atoms with van der Waals surface area (Å²) < 4.78 is 20.6. The predicted octanol–water partition coefficient (Wildman–Crippen LogP) is 4.17. The van der Waals surface area contributed by atoms with Crippen molar-refractivity contribution in [2.24, 2.45) is 5.73 Å². The second-order valence-electron chi connectivity index (χ2n) is 8.86. The van der Waals surface area contributed by atoms with Gasteiger partial charge in [0.1, 0.15) is 12.4 Å². The molecule has 0 saturated carbocycles. The molecule has 196 valence electrons. The monoisotopic (exact) mass is 520 g/mol. The molecule has 36 heavy (non-hydrogen) atoms. The number of amides is 1. The zero-order chi connectivity index (χ0) is 26.9. The van der Waals surface area contributed by atoms with Crippen LogP contribution in [0, 0.1) is 6.92 Å². The van der Waals surface area contributed by atoms with Gasteiger partial charge in [0.05, 0.1) is 0 Å². The third-order valence-corrected chi connectivity index (χ3v) is 5.33. The van der Waals surface area contributed by atoms with Crippen LogP contribution in [0.3, 0.4) is 0 Å². The molecule has 0 aliphatic heterocycles. The van der Waals surface area contributed by atoms with E-state index in [9.17, 15) is 14.4 Å². The van der Waals surface area contributed by atoms with Crippen LogP contribution in [0.4, 0.5) is 4.79 Å². The molecule has 3 N–H and O–H groups in total. The van der Waals surface area contributed by atoms with Gasteiger partial charge in [0, 0.05) is 30.1 Å². The van der Waals surface area contributed by atoms with Gasteiger partial charge in [-0.1, -0.05) is 23.7 Å². The lowest BCUT2D eigenvalue weighted by Crippen LogP contribution is -2.42. The van der Waals surface area contributed by atoms with Crippen molar-refractivity contribution in [1.29, 1.82) is 0 Å². The summed E-state index contributed by atoms with van der Waals surface area (Å²) >= 11 is 6.01. The van der Waals surface area contributed by atoms with E-state index >= 15 is 0 Å². The molecule has 2 rings (SSSR count). The first-order valence-corrected chi connectivity index (χ1v) is 11.9. The maximum Gasteiger partial charge on any atom is 0.511 e. The minimum atomic E-state index is -1.35. The number of carbonyl (C=O) groups excluding carboxylic acids is 3. The largest absolute Gasteiger partial charge is 0.511 e. The molecule has 2 unspecified atom stereocenters. The smallest absolute Gasteiger partial charge is 0.476 e. The third kappa shape index (κ3) is 9.39. The second-order valence-corrected chi connectivity index (χ2v) is 9.26. The molecule has 0 heterocycles. The fourth-order valence-electron chi connectivity index (χ4n) is 2.95. The molecule has 0 bridgehead atoms. The number of nitrogens with two attached hydrogens (primary N) is 1. The quantitative estimate of drug-likeness (QED) is 0.334. The molecule has 0 saturated heterocycles. The van der Waals surface area contributed by atoms with Gasteiger partial charge >= 0.3 is 12.1 Å². The Morgan fingerprint density at radius 2 is 1.72 bits per heavy atom. The van der Waals surface area contributed by atoms with Crippen LogP contribution >= 0.6 is 11.6 Å². The zero-order valence-electron chi connectivity index (χ0n) is 21.1. The molecule has 0 aromatic heterocycles. The predicted molar refractivity (Wildman–Crippen MR) is 135 cm³/mol. The molecule has 2 aromatic carbocycles. The number of esters is 1. The molecule has 0 fully saturated rings. The summed E-state index contributed by atoms with van der Waals surface area (Å²) in [6.45, 7) is 8.42. The highest BCUT2D eigenvalue weighted by atomic mass is 35.5. The van der Waals surface area contributed by atoms with Crippen molar-refractivity contribution in [1.82, 2.24) is 5.32 Å². The Bertz CT molecular complexity index is 1050. The van der Waals surface area contributed by atoms with Crippen LogP contribution < -0.4 is 15.8 Å². The number of nitrogens with one attached hydrogen (secondary N) is 1. The normalized spacial score (nSPS) is 12.8. The Morgan fingerprint density at radius 1 is 1.06 bits per heavy atom. The van der Waals surface area contributed by atoms with Crippen LogP contribution in [-0.2, 0) is 25.4 Å². The molecule has 10 heteroatoms. The molecule has 2 atom stereocenters. The number of aryl methyl sites for hydroxylation is 1. The number of rotatable bonds is 11. The van der Waals surface area contributed by atoms with Gasteiger partial charge < -0.3 is 30.0 Å². The number of halogens is 1.